The van der Waals surface area contributed by atoms with E-state index < -0.39 is 0 Å². The van der Waals surface area contributed by atoms with E-state index in [1.165, 1.54) is 12.7 Å². The third kappa shape index (κ3) is 3.45. The van der Waals surface area contributed by atoms with Crippen LogP contribution in [0.2, 0.25) is 0 Å². The summed E-state index contributed by atoms with van der Waals surface area (Å²) in [6.45, 7) is 0. The highest BCUT2D eigenvalue weighted by Crippen LogP contribution is 2.39. The van der Waals surface area contributed by atoms with Crippen LogP contribution in [0.1, 0.15) is 60.2 Å². The van der Waals surface area contributed by atoms with E-state index >= 15 is 0 Å². The number of carbonyl (C=O) groups is 1. The van der Waals surface area contributed by atoms with Crippen molar-refractivity contribution >= 4 is 23.1 Å². The van der Waals surface area contributed by atoms with Crippen LogP contribution in [0.5, 0.6) is 0 Å². The zero-order valence-electron chi connectivity index (χ0n) is 15.4. The largest absolute Gasteiger partial charge is 0.351 e. The first-order valence-corrected chi connectivity index (χ1v) is 9.66. The Kier molecular flexibility index (Phi) is 4.23. The highest BCUT2D eigenvalue weighted by Gasteiger charge is 2.27. The first-order valence-electron chi connectivity index (χ1n) is 9.66. The summed E-state index contributed by atoms with van der Waals surface area (Å²) in [5.41, 5.74) is 2.63. The van der Waals surface area contributed by atoms with Crippen molar-refractivity contribution in [3.8, 4) is 0 Å². The van der Waals surface area contributed by atoms with Crippen molar-refractivity contribution in [2.75, 3.05) is 10.6 Å². The lowest BCUT2D eigenvalue weighted by molar-refractivity contribution is 0.102. The normalized spacial score (nSPS) is 16.4. The van der Waals surface area contributed by atoms with Gasteiger partial charge in [-0.2, -0.15) is 5.10 Å². The van der Waals surface area contributed by atoms with E-state index in [0.29, 0.717) is 34.8 Å². The lowest BCUT2D eigenvalue weighted by atomic mass is 9.93. The number of nitrogens with zero attached hydrogens (tertiary/aromatic N) is 5. The Labute approximate surface area is 162 Å². The highest BCUT2D eigenvalue weighted by molar-refractivity contribution is 6.06. The first kappa shape index (κ1) is 16.9. The SMILES string of the molecule is O=C(Nc1ccn(C2CCC2)n1)c1nc(C2CC2)ccc1Nc1cncnc1. The third-order valence-corrected chi connectivity index (χ3v) is 5.27. The van der Waals surface area contributed by atoms with E-state index in [1.54, 1.807) is 12.4 Å². The van der Waals surface area contributed by atoms with Gasteiger partial charge in [-0.1, -0.05) is 0 Å². The van der Waals surface area contributed by atoms with Crippen LogP contribution in [-0.4, -0.2) is 30.6 Å². The number of nitrogens with one attached hydrogen (secondary N) is 2. The van der Waals surface area contributed by atoms with Gasteiger partial charge in [0.15, 0.2) is 11.5 Å². The summed E-state index contributed by atoms with van der Waals surface area (Å²) < 4.78 is 1.94. The zero-order valence-corrected chi connectivity index (χ0v) is 15.4. The van der Waals surface area contributed by atoms with Crippen molar-refractivity contribution in [1.29, 1.82) is 0 Å². The van der Waals surface area contributed by atoms with Gasteiger partial charge in [-0.15, -0.1) is 0 Å². The molecule has 0 radical (unpaired) electrons. The molecule has 0 spiro atoms. The summed E-state index contributed by atoms with van der Waals surface area (Å²) in [6, 6.07) is 6.16. The molecule has 0 saturated heterocycles. The Morgan fingerprint density at radius 2 is 1.89 bits per heavy atom. The van der Waals surface area contributed by atoms with Gasteiger partial charge in [0.1, 0.15) is 6.33 Å². The van der Waals surface area contributed by atoms with Crippen LogP contribution in [0.4, 0.5) is 17.2 Å². The van der Waals surface area contributed by atoms with Crippen LogP contribution >= 0.6 is 0 Å². The minimum absolute atomic E-state index is 0.277. The summed E-state index contributed by atoms with van der Waals surface area (Å²) >= 11 is 0. The van der Waals surface area contributed by atoms with Crippen molar-refractivity contribution in [2.24, 2.45) is 0 Å². The van der Waals surface area contributed by atoms with Gasteiger partial charge in [-0.05, 0) is 44.2 Å². The molecule has 5 rings (SSSR count). The fraction of sp³-hybridized carbons (Fsp3) is 0.350. The lowest BCUT2D eigenvalue weighted by Gasteiger charge is -2.25. The Hall–Kier alpha value is -3.29. The predicted molar refractivity (Wildman–Crippen MR) is 105 cm³/mol. The second-order valence-corrected chi connectivity index (χ2v) is 7.38. The monoisotopic (exact) mass is 375 g/mol. The fourth-order valence-corrected chi connectivity index (χ4v) is 3.31. The molecular weight excluding hydrogens is 354 g/mol. The van der Waals surface area contributed by atoms with Gasteiger partial charge in [-0.3, -0.25) is 9.48 Å². The molecule has 8 heteroatoms. The number of anilines is 3. The van der Waals surface area contributed by atoms with Crippen LogP contribution in [0.15, 0.2) is 43.1 Å². The van der Waals surface area contributed by atoms with E-state index in [9.17, 15) is 4.79 Å². The molecule has 0 aromatic carbocycles. The number of pyridine rings is 1. The van der Waals surface area contributed by atoms with Gasteiger partial charge in [-0.25, -0.2) is 15.0 Å². The number of rotatable bonds is 6. The van der Waals surface area contributed by atoms with Gasteiger partial charge >= 0.3 is 0 Å². The minimum atomic E-state index is -0.277. The van der Waals surface area contributed by atoms with E-state index in [2.05, 4.69) is 30.7 Å². The summed E-state index contributed by atoms with van der Waals surface area (Å²) in [7, 11) is 0. The Morgan fingerprint density at radius 3 is 2.61 bits per heavy atom. The molecule has 0 unspecified atom stereocenters. The molecule has 2 fully saturated rings. The summed E-state index contributed by atoms with van der Waals surface area (Å²) in [4.78, 5) is 25.6. The van der Waals surface area contributed by atoms with Gasteiger partial charge in [0, 0.05) is 23.9 Å². The number of carbonyl (C=O) groups excluding carboxylic acids is 1. The molecule has 2 aliphatic rings. The summed E-state index contributed by atoms with van der Waals surface area (Å²) in [5, 5.41) is 10.6. The van der Waals surface area contributed by atoms with Crippen LogP contribution in [-0.2, 0) is 0 Å². The van der Waals surface area contributed by atoms with Crippen molar-refractivity contribution in [1.82, 2.24) is 24.7 Å². The second kappa shape index (κ2) is 7.03. The molecule has 2 aliphatic carbocycles. The summed E-state index contributed by atoms with van der Waals surface area (Å²) in [6.07, 6.45) is 12.5. The molecule has 3 aromatic rings. The fourth-order valence-electron chi connectivity index (χ4n) is 3.31. The average molecular weight is 375 g/mol. The quantitative estimate of drug-likeness (QED) is 0.682. The number of hydrogen-bond acceptors (Lipinski definition) is 6. The lowest BCUT2D eigenvalue weighted by Crippen LogP contribution is -2.19. The molecule has 28 heavy (non-hydrogen) atoms. The van der Waals surface area contributed by atoms with E-state index in [1.807, 2.05) is 29.1 Å². The second-order valence-electron chi connectivity index (χ2n) is 7.38. The van der Waals surface area contributed by atoms with E-state index in [4.69, 9.17) is 0 Å². The third-order valence-electron chi connectivity index (χ3n) is 5.27. The van der Waals surface area contributed by atoms with Gasteiger partial charge in [0.2, 0.25) is 0 Å². The standard InChI is InChI=1S/C20H21N7O/c28-20(25-18-8-9-27(26-18)15-2-1-3-15)19-17(23-14-10-21-12-22-11-14)7-6-16(24-19)13-4-5-13/h6-13,15,23H,1-5H2,(H,25,26,28). The van der Waals surface area contributed by atoms with Gasteiger partial charge in [0.05, 0.1) is 29.8 Å². The molecule has 0 aliphatic heterocycles. The molecule has 3 heterocycles. The van der Waals surface area contributed by atoms with E-state index in [0.717, 1.165) is 31.4 Å². The number of hydrogen-bond donors (Lipinski definition) is 2. The molecule has 0 bridgehead atoms. The van der Waals surface area contributed by atoms with Gasteiger partial charge < -0.3 is 10.6 Å². The predicted octanol–water partition coefficient (Wildman–Crippen LogP) is 3.67. The maximum Gasteiger partial charge on any atom is 0.277 e. The number of amides is 1. The Balaban J connectivity index is 1.40. The maximum absolute atomic E-state index is 13.0. The molecule has 142 valence electrons. The van der Waals surface area contributed by atoms with Crippen molar-refractivity contribution in [3.63, 3.8) is 0 Å². The first-order chi connectivity index (χ1) is 13.8. The molecule has 1 amide bonds. The zero-order chi connectivity index (χ0) is 18.9. The van der Waals surface area contributed by atoms with Crippen LogP contribution < -0.4 is 10.6 Å². The molecule has 8 nitrogen and oxygen atoms in total. The Morgan fingerprint density at radius 1 is 1.07 bits per heavy atom. The molecule has 2 N–H and O–H groups in total. The summed E-state index contributed by atoms with van der Waals surface area (Å²) in [5.74, 6) is 0.726. The molecule has 0 atom stereocenters. The maximum atomic E-state index is 13.0. The van der Waals surface area contributed by atoms with E-state index in [-0.39, 0.29) is 5.91 Å². The van der Waals surface area contributed by atoms with Crippen LogP contribution in [0.25, 0.3) is 0 Å². The van der Waals surface area contributed by atoms with Crippen molar-refractivity contribution in [3.05, 3.63) is 54.5 Å². The molecule has 3 aromatic heterocycles. The highest BCUT2D eigenvalue weighted by atomic mass is 16.2. The molecular formula is C20H21N7O. The van der Waals surface area contributed by atoms with Gasteiger partial charge in [0.25, 0.3) is 5.91 Å². The smallest absolute Gasteiger partial charge is 0.277 e. The molecule has 2 saturated carbocycles. The van der Waals surface area contributed by atoms with Crippen LogP contribution in [0, 0.1) is 0 Å². The van der Waals surface area contributed by atoms with Crippen molar-refractivity contribution in [2.45, 2.75) is 44.1 Å². The average Bonchev–Trinajstić information content (AvgIpc) is 3.42. The minimum Gasteiger partial charge on any atom is -0.351 e. The number of aromatic nitrogens is 5. The van der Waals surface area contributed by atoms with Crippen LogP contribution in [0.3, 0.4) is 0 Å². The Bertz CT molecular complexity index is 993. The van der Waals surface area contributed by atoms with Crippen molar-refractivity contribution < 1.29 is 4.79 Å². The topological polar surface area (TPSA) is 97.6 Å².